The Morgan fingerprint density at radius 1 is 0.923 bits per heavy atom. The van der Waals surface area contributed by atoms with Crippen molar-refractivity contribution in [3.63, 3.8) is 0 Å². The van der Waals surface area contributed by atoms with Crippen LogP contribution in [0.5, 0.6) is 5.75 Å². The molecule has 0 bridgehead atoms. The van der Waals surface area contributed by atoms with Crippen molar-refractivity contribution in [1.82, 2.24) is 9.97 Å². The minimum absolute atomic E-state index is 0.0449. The Hall–Kier alpha value is -3.03. The van der Waals surface area contributed by atoms with E-state index in [0.717, 1.165) is 11.6 Å². The second kappa shape index (κ2) is 6.70. The topological polar surface area (TPSA) is 75.0 Å². The number of benzene rings is 2. The van der Waals surface area contributed by atoms with Gasteiger partial charge in [-0.1, -0.05) is 12.1 Å². The molecule has 8 heteroatoms. The van der Waals surface area contributed by atoms with Crippen LogP contribution in [0.25, 0.3) is 11.0 Å². The zero-order chi connectivity index (χ0) is 18.9. The average Bonchev–Trinajstić information content (AvgIpc) is 2.60. The van der Waals surface area contributed by atoms with E-state index in [1.54, 1.807) is 24.3 Å². The highest BCUT2D eigenvalue weighted by molar-refractivity contribution is 5.76. The second-order valence-corrected chi connectivity index (χ2v) is 5.81. The van der Waals surface area contributed by atoms with Crippen LogP contribution in [0, 0.1) is 0 Å². The number of halogens is 3. The van der Waals surface area contributed by atoms with Crippen molar-refractivity contribution in [1.29, 1.82) is 0 Å². The van der Waals surface area contributed by atoms with Crippen LogP contribution in [-0.2, 0) is 19.0 Å². The molecule has 0 aliphatic heterocycles. The Morgan fingerprint density at radius 3 is 2.04 bits per heavy atom. The molecule has 1 heterocycles. The van der Waals surface area contributed by atoms with Crippen LogP contribution >= 0.6 is 0 Å². The summed E-state index contributed by atoms with van der Waals surface area (Å²) in [4.78, 5) is 27.3. The highest BCUT2D eigenvalue weighted by Gasteiger charge is 2.33. The van der Waals surface area contributed by atoms with Crippen LogP contribution < -0.4 is 15.9 Å². The van der Waals surface area contributed by atoms with Gasteiger partial charge in [0, 0.05) is 0 Å². The Balaban J connectivity index is 2.00. The normalized spacial score (nSPS) is 11.7. The number of fused-ring (bicyclic) bond motifs is 1. The molecule has 26 heavy (non-hydrogen) atoms. The second-order valence-electron chi connectivity index (χ2n) is 5.81. The van der Waals surface area contributed by atoms with Gasteiger partial charge < -0.3 is 14.7 Å². The van der Waals surface area contributed by atoms with Crippen molar-refractivity contribution in [2.45, 2.75) is 19.0 Å². The van der Waals surface area contributed by atoms with E-state index in [1.807, 2.05) is 0 Å². The number of hydrogen-bond donors (Lipinski definition) is 2. The summed E-state index contributed by atoms with van der Waals surface area (Å²) in [6, 6.07) is 9.17. The van der Waals surface area contributed by atoms with Crippen molar-refractivity contribution in [3.8, 4) is 5.75 Å². The molecule has 0 aliphatic rings. The number of alkyl halides is 3. The monoisotopic (exact) mass is 364 g/mol. The largest absolute Gasteiger partial charge is 0.497 e. The third-order valence-corrected chi connectivity index (χ3v) is 4.09. The summed E-state index contributed by atoms with van der Waals surface area (Å²) in [6.45, 7) is 0. The molecule has 3 rings (SSSR count). The van der Waals surface area contributed by atoms with Gasteiger partial charge >= 0.3 is 17.3 Å². The van der Waals surface area contributed by atoms with Crippen LogP contribution in [0.15, 0.2) is 46.0 Å². The fourth-order valence-electron chi connectivity index (χ4n) is 2.75. The molecule has 0 amide bonds. The van der Waals surface area contributed by atoms with Gasteiger partial charge in [-0.25, -0.2) is 0 Å². The third-order valence-electron chi connectivity index (χ3n) is 4.09. The number of aryl methyl sites for hydroxylation is 2. The molecule has 0 aliphatic carbocycles. The van der Waals surface area contributed by atoms with E-state index in [-0.39, 0.29) is 23.0 Å². The Kier molecular flexibility index (Phi) is 4.58. The fraction of sp³-hybridized carbons (Fsp3) is 0.222. The summed E-state index contributed by atoms with van der Waals surface area (Å²) in [5.41, 5.74) is -1.73. The molecule has 0 saturated heterocycles. The highest BCUT2D eigenvalue weighted by Crippen LogP contribution is 2.34. The fourth-order valence-corrected chi connectivity index (χ4v) is 2.75. The van der Waals surface area contributed by atoms with Crippen LogP contribution in [0.4, 0.5) is 13.2 Å². The molecule has 0 radical (unpaired) electrons. The lowest BCUT2D eigenvalue weighted by Gasteiger charge is -2.14. The summed E-state index contributed by atoms with van der Waals surface area (Å²) in [7, 11) is 1.53. The molecule has 0 atom stereocenters. The molecule has 0 spiro atoms. The first-order valence-electron chi connectivity index (χ1n) is 7.77. The number of nitrogens with one attached hydrogen (secondary N) is 2. The predicted molar refractivity (Wildman–Crippen MR) is 90.6 cm³/mol. The van der Waals surface area contributed by atoms with Gasteiger partial charge in [-0.2, -0.15) is 13.2 Å². The lowest BCUT2D eigenvalue weighted by Crippen LogP contribution is -2.29. The first-order chi connectivity index (χ1) is 12.3. The van der Waals surface area contributed by atoms with Crippen LogP contribution in [0.2, 0.25) is 0 Å². The summed E-state index contributed by atoms with van der Waals surface area (Å²) >= 11 is 0. The molecule has 0 saturated carbocycles. The van der Waals surface area contributed by atoms with Crippen molar-refractivity contribution >= 4 is 11.0 Å². The zero-order valence-electron chi connectivity index (χ0n) is 13.7. The summed E-state index contributed by atoms with van der Waals surface area (Å²) in [6.07, 6.45) is -4.07. The van der Waals surface area contributed by atoms with Gasteiger partial charge in [-0.15, -0.1) is 0 Å². The number of ether oxygens (including phenoxy) is 1. The van der Waals surface area contributed by atoms with Gasteiger partial charge in [0.25, 0.3) is 0 Å². The maximum atomic E-state index is 13.4. The smallest absolute Gasteiger partial charge is 0.416 e. The molecule has 0 unspecified atom stereocenters. The highest BCUT2D eigenvalue weighted by atomic mass is 19.4. The molecule has 1 aromatic heterocycles. The van der Waals surface area contributed by atoms with E-state index < -0.39 is 22.9 Å². The van der Waals surface area contributed by atoms with Crippen molar-refractivity contribution in [2.24, 2.45) is 0 Å². The van der Waals surface area contributed by atoms with Gasteiger partial charge in [0.1, 0.15) is 5.75 Å². The number of rotatable bonds is 4. The first-order valence-corrected chi connectivity index (χ1v) is 7.77. The summed E-state index contributed by atoms with van der Waals surface area (Å²) in [5.74, 6) is 0.664. The van der Waals surface area contributed by atoms with E-state index in [4.69, 9.17) is 4.74 Å². The van der Waals surface area contributed by atoms with E-state index >= 15 is 0 Å². The van der Waals surface area contributed by atoms with E-state index in [1.165, 1.54) is 13.2 Å². The first kappa shape index (κ1) is 17.8. The van der Waals surface area contributed by atoms with Crippen LogP contribution in [-0.4, -0.2) is 17.1 Å². The van der Waals surface area contributed by atoms with Gasteiger partial charge in [-0.05, 0) is 48.2 Å². The van der Waals surface area contributed by atoms with Gasteiger partial charge in [0.2, 0.25) is 0 Å². The lowest BCUT2D eigenvalue weighted by atomic mass is 9.98. The van der Waals surface area contributed by atoms with Gasteiger partial charge in [0.15, 0.2) is 0 Å². The third kappa shape index (κ3) is 3.63. The van der Waals surface area contributed by atoms with Gasteiger partial charge in [0.05, 0.1) is 23.7 Å². The SMILES string of the molecule is COc1ccc(CCc2cc3[nH]c(=O)c(=O)[nH]c3cc2C(F)(F)F)cc1. The molecular weight excluding hydrogens is 349 g/mol. The van der Waals surface area contributed by atoms with Crippen molar-refractivity contribution < 1.29 is 17.9 Å². The molecule has 2 N–H and O–H groups in total. The number of aromatic nitrogens is 2. The Morgan fingerprint density at radius 2 is 1.50 bits per heavy atom. The van der Waals surface area contributed by atoms with Crippen LogP contribution in [0.3, 0.4) is 0 Å². The Bertz CT molecular complexity index is 1050. The molecule has 0 fully saturated rings. The average molecular weight is 364 g/mol. The molecule has 2 aromatic carbocycles. The molecule has 136 valence electrons. The molecule has 5 nitrogen and oxygen atoms in total. The lowest BCUT2D eigenvalue weighted by molar-refractivity contribution is -0.138. The summed E-state index contributed by atoms with van der Waals surface area (Å²) in [5, 5.41) is 0. The van der Waals surface area contributed by atoms with Crippen molar-refractivity contribution in [3.05, 3.63) is 73.8 Å². The van der Waals surface area contributed by atoms with E-state index in [0.29, 0.717) is 12.2 Å². The Labute approximate surface area is 145 Å². The maximum absolute atomic E-state index is 13.4. The number of aromatic amines is 2. The zero-order valence-corrected chi connectivity index (χ0v) is 13.7. The number of H-pyrrole nitrogens is 2. The van der Waals surface area contributed by atoms with E-state index in [9.17, 15) is 22.8 Å². The standard InChI is InChI=1S/C18H15F3N2O3/c1-26-12-6-3-10(4-7-12)2-5-11-8-14-15(9-13(11)18(19,20)21)23-17(25)16(24)22-14/h3-4,6-9H,2,5H2,1H3,(H,22,24)(H,23,25). The predicted octanol–water partition coefficient (Wildman–Crippen LogP) is 3.03. The van der Waals surface area contributed by atoms with Gasteiger partial charge in [-0.3, -0.25) is 9.59 Å². The quantitative estimate of drug-likeness (QED) is 0.699. The summed E-state index contributed by atoms with van der Waals surface area (Å²) < 4.78 is 45.3. The van der Waals surface area contributed by atoms with E-state index in [2.05, 4.69) is 9.97 Å². The minimum atomic E-state index is -4.57. The number of methoxy groups -OCH3 is 1. The number of hydrogen-bond acceptors (Lipinski definition) is 3. The molecule has 3 aromatic rings. The minimum Gasteiger partial charge on any atom is -0.497 e. The van der Waals surface area contributed by atoms with Crippen LogP contribution in [0.1, 0.15) is 16.7 Å². The molecular formula is C18H15F3N2O3. The van der Waals surface area contributed by atoms with Crippen molar-refractivity contribution in [2.75, 3.05) is 7.11 Å². The maximum Gasteiger partial charge on any atom is 0.416 e.